The van der Waals surface area contributed by atoms with Crippen LogP contribution in [-0.4, -0.2) is 21.5 Å². The molecule has 22 heavy (non-hydrogen) atoms. The third-order valence-electron chi connectivity index (χ3n) is 2.35. The van der Waals surface area contributed by atoms with Crippen LogP contribution in [0.5, 0.6) is 0 Å². The minimum absolute atomic E-state index is 0.0704. The van der Waals surface area contributed by atoms with Crippen molar-refractivity contribution in [1.82, 2.24) is 5.48 Å². The monoisotopic (exact) mass is 355 g/mol. The SMILES string of the molecule is O=C(NO)c1sc2c([N+](=O)[O-])cc(SC(F)(F)F)cc2[n+]1[O-]. The number of carbonyl (C=O) groups excluding carboxylic acids is 1. The van der Waals surface area contributed by atoms with Crippen LogP contribution in [0.2, 0.25) is 0 Å². The van der Waals surface area contributed by atoms with Gasteiger partial charge < -0.3 is 5.21 Å². The van der Waals surface area contributed by atoms with Gasteiger partial charge in [-0.3, -0.25) is 20.1 Å². The molecule has 0 bridgehead atoms. The quantitative estimate of drug-likeness (QED) is 0.217. The summed E-state index contributed by atoms with van der Waals surface area (Å²) in [6, 6.07) is 1.45. The molecule has 0 fully saturated rings. The highest BCUT2D eigenvalue weighted by molar-refractivity contribution is 8.00. The van der Waals surface area contributed by atoms with Gasteiger partial charge in [-0.05, 0) is 23.1 Å². The molecule has 2 N–H and O–H groups in total. The first-order valence-corrected chi connectivity index (χ1v) is 6.82. The zero-order chi connectivity index (χ0) is 16.7. The van der Waals surface area contributed by atoms with Crippen LogP contribution in [-0.2, 0) is 0 Å². The number of fused-ring (bicyclic) bond motifs is 1. The number of amides is 1. The molecule has 1 amide bonds. The summed E-state index contributed by atoms with van der Waals surface area (Å²) < 4.78 is 36.8. The molecular weight excluding hydrogens is 351 g/mol. The Morgan fingerprint density at radius 1 is 1.45 bits per heavy atom. The molecule has 1 aromatic heterocycles. The smallest absolute Gasteiger partial charge is 0.446 e. The average Bonchev–Trinajstić information content (AvgIpc) is 2.73. The van der Waals surface area contributed by atoms with Gasteiger partial charge in [0.1, 0.15) is 0 Å². The molecule has 0 aliphatic heterocycles. The average molecular weight is 355 g/mol. The molecule has 118 valence electrons. The van der Waals surface area contributed by atoms with Gasteiger partial charge in [-0.25, -0.2) is 5.48 Å². The minimum Gasteiger partial charge on any atom is -0.617 e. The highest BCUT2D eigenvalue weighted by Crippen LogP contribution is 2.41. The summed E-state index contributed by atoms with van der Waals surface area (Å²) in [5, 5.41) is 30.7. The van der Waals surface area contributed by atoms with E-state index < -0.39 is 49.2 Å². The van der Waals surface area contributed by atoms with Crippen molar-refractivity contribution in [3.8, 4) is 0 Å². The maximum absolute atomic E-state index is 12.4. The van der Waals surface area contributed by atoms with Crippen molar-refractivity contribution < 1.29 is 32.8 Å². The summed E-state index contributed by atoms with van der Waals surface area (Å²) in [4.78, 5) is 20.7. The van der Waals surface area contributed by atoms with Crippen molar-refractivity contribution in [2.24, 2.45) is 0 Å². The van der Waals surface area contributed by atoms with Crippen molar-refractivity contribution in [1.29, 1.82) is 0 Å². The fourth-order valence-electron chi connectivity index (χ4n) is 1.59. The number of thioether (sulfide) groups is 1. The number of hydroxylamine groups is 1. The van der Waals surface area contributed by atoms with Gasteiger partial charge in [0.15, 0.2) is 4.70 Å². The molecule has 1 heterocycles. The number of benzene rings is 1. The Hall–Kier alpha value is -2.12. The number of rotatable bonds is 3. The van der Waals surface area contributed by atoms with Crippen LogP contribution in [0.4, 0.5) is 18.9 Å². The molecule has 1 aromatic carbocycles. The highest BCUT2D eigenvalue weighted by Gasteiger charge is 2.34. The van der Waals surface area contributed by atoms with E-state index in [0.29, 0.717) is 17.4 Å². The lowest BCUT2D eigenvalue weighted by Gasteiger charge is -2.05. The third kappa shape index (κ3) is 3.05. The second kappa shape index (κ2) is 5.58. The maximum atomic E-state index is 12.4. The number of nitrogens with zero attached hydrogens (tertiary/aromatic N) is 2. The van der Waals surface area contributed by atoms with Crippen LogP contribution in [0, 0.1) is 15.3 Å². The summed E-state index contributed by atoms with van der Waals surface area (Å²) >= 11 is -0.238. The van der Waals surface area contributed by atoms with Crippen LogP contribution in [0.1, 0.15) is 9.80 Å². The normalized spacial score (nSPS) is 11.6. The number of nitro benzene ring substituents is 1. The van der Waals surface area contributed by atoms with E-state index in [1.54, 1.807) is 0 Å². The van der Waals surface area contributed by atoms with E-state index >= 15 is 0 Å². The van der Waals surface area contributed by atoms with Gasteiger partial charge in [0, 0.05) is 17.0 Å². The molecule has 0 unspecified atom stereocenters. The Morgan fingerprint density at radius 3 is 2.59 bits per heavy atom. The molecule has 0 saturated carbocycles. The number of nitro groups is 1. The predicted molar refractivity (Wildman–Crippen MR) is 68.6 cm³/mol. The molecule has 0 radical (unpaired) electrons. The summed E-state index contributed by atoms with van der Waals surface area (Å²) in [6.45, 7) is 0. The summed E-state index contributed by atoms with van der Waals surface area (Å²) in [5.41, 5.74) is -4.73. The number of non-ortho nitro benzene ring substituents is 1. The van der Waals surface area contributed by atoms with E-state index in [1.165, 1.54) is 5.48 Å². The van der Waals surface area contributed by atoms with Gasteiger partial charge >= 0.3 is 16.4 Å². The molecule has 2 aromatic rings. The van der Waals surface area contributed by atoms with Crippen molar-refractivity contribution in [3.05, 3.63) is 32.5 Å². The Labute approximate surface area is 126 Å². The first-order chi connectivity index (χ1) is 10.1. The lowest BCUT2D eigenvalue weighted by molar-refractivity contribution is -0.574. The topological polar surface area (TPSA) is 119 Å². The van der Waals surface area contributed by atoms with Crippen LogP contribution < -0.4 is 10.2 Å². The standard InChI is InChI=1S/C9H4F3N3O5S2/c10-9(11,12)22-3-1-4-6(5(2-3)15(19)20)21-8(14(4)18)7(16)13-17/h1-2,17H,(H,13,16). The van der Waals surface area contributed by atoms with Gasteiger partial charge in [-0.2, -0.15) is 13.2 Å². The van der Waals surface area contributed by atoms with Gasteiger partial charge in [0.2, 0.25) is 5.52 Å². The zero-order valence-electron chi connectivity index (χ0n) is 10.1. The Morgan fingerprint density at radius 2 is 2.09 bits per heavy atom. The molecule has 0 spiro atoms. The number of alkyl halides is 3. The lowest BCUT2D eigenvalue weighted by Crippen LogP contribution is -2.35. The number of aromatic nitrogens is 1. The summed E-state index contributed by atoms with van der Waals surface area (Å²) in [7, 11) is 0. The Balaban J connectivity index is 2.72. The van der Waals surface area contributed by atoms with E-state index in [2.05, 4.69) is 0 Å². The number of thiazole rings is 1. The first kappa shape index (κ1) is 16.3. The van der Waals surface area contributed by atoms with Crippen LogP contribution in [0.15, 0.2) is 17.0 Å². The number of carbonyl (C=O) groups is 1. The number of nitrogens with one attached hydrogen (secondary N) is 1. The largest absolute Gasteiger partial charge is 0.617 e. The Kier molecular flexibility index (Phi) is 4.12. The van der Waals surface area contributed by atoms with Crippen LogP contribution >= 0.6 is 23.1 Å². The van der Waals surface area contributed by atoms with E-state index in [-0.39, 0.29) is 9.43 Å². The summed E-state index contributed by atoms with van der Waals surface area (Å²) in [6.07, 6.45) is 0. The van der Waals surface area contributed by atoms with E-state index in [0.717, 1.165) is 6.07 Å². The fraction of sp³-hybridized carbons (Fsp3) is 0.111. The van der Waals surface area contributed by atoms with Crippen LogP contribution in [0.25, 0.3) is 10.2 Å². The van der Waals surface area contributed by atoms with E-state index in [9.17, 15) is 33.3 Å². The van der Waals surface area contributed by atoms with E-state index in [4.69, 9.17) is 5.21 Å². The Bertz CT molecular complexity index is 776. The molecule has 0 aliphatic rings. The maximum Gasteiger partial charge on any atom is 0.446 e. The second-order valence-electron chi connectivity index (χ2n) is 3.74. The molecule has 0 saturated heterocycles. The summed E-state index contributed by atoms with van der Waals surface area (Å²) in [5.74, 6) is -1.23. The number of hydrogen-bond acceptors (Lipinski definition) is 7. The van der Waals surface area contributed by atoms with Crippen molar-refractivity contribution in [3.63, 3.8) is 0 Å². The van der Waals surface area contributed by atoms with Gasteiger partial charge in [0.05, 0.1) is 4.92 Å². The van der Waals surface area contributed by atoms with Crippen molar-refractivity contribution in [2.75, 3.05) is 0 Å². The van der Waals surface area contributed by atoms with E-state index in [1.807, 2.05) is 0 Å². The molecule has 13 heteroatoms. The second-order valence-corrected chi connectivity index (χ2v) is 5.88. The number of hydrogen-bond donors (Lipinski definition) is 2. The predicted octanol–water partition coefficient (Wildman–Crippen LogP) is 2.17. The first-order valence-electron chi connectivity index (χ1n) is 5.18. The molecular formula is C9H4F3N3O5S2. The zero-order valence-corrected chi connectivity index (χ0v) is 11.7. The molecule has 0 atom stereocenters. The minimum atomic E-state index is -4.70. The lowest BCUT2D eigenvalue weighted by atomic mass is 10.3. The number of halogens is 3. The molecule has 2 rings (SSSR count). The molecule has 8 nitrogen and oxygen atoms in total. The third-order valence-corrected chi connectivity index (χ3v) is 4.22. The van der Waals surface area contributed by atoms with Crippen LogP contribution in [0.3, 0.4) is 0 Å². The highest BCUT2D eigenvalue weighted by atomic mass is 32.2. The van der Waals surface area contributed by atoms with Crippen molar-refractivity contribution >= 4 is 44.9 Å². The molecule has 0 aliphatic carbocycles. The fourth-order valence-corrected chi connectivity index (χ4v) is 3.20. The van der Waals surface area contributed by atoms with Gasteiger partial charge in [-0.1, -0.05) is 0 Å². The van der Waals surface area contributed by atoms with Crippen molar-refractivity contribution in [2.45, 2.75) is 10.4 Å². The van der Waals surface area contributed by atoms with Gasteiger partial charge in [0.25, 0.3) is 5.69 Å². The van der Waals surface area contributed by atoms with Gasteiger partial charge in [-0.15, -0.1) is 4.73 Å².